The van der Waals surface area contributed by atoms with Gasteiger partial charge in [0.25, 0.3) is 5.91 Å². The first-order chi connectivity index (χ1) is 14.4. The molecule has 2 N–H and O–H groups in total. The Kier molecular flexibility index (Phi) is 5.79. The molecule has 0 radical (unpaired) electrons. The number of carbonyl (C=O) groups excluding carboxylic acids is 1. The second kappa shape index (κ2) is 8.50. The molecule has 0 saturated heterocycles. The fourth-order valence-corrected chi connectivity index (χ4v) is 3.96. The maximum atomic E-state index is 12.4. The van der Waals surface area contributed by atoms with Crippen molar-refractivity contribution >= 4 is 28.5 Å². The number of fused-ring (bicyclic) bond motifs is 3. The average molecular weight is 428 g/mol. The van der Waals surface area contributed by atoms with Gasteiger partial charge in [0.2, 0.25) is 0 Å². The lowest BCUT2D eigenvalue weighted by Gasteiger charge is -2.18. The van der Waals surface area contributed by atoms with Gasteiger partial charge >= 0.3 is 5.63 Å². The number of carbonyl (C=O) groups is 1. The van der Waals surface area contributed by atoms with Gasteiger partial charge in [0.1, 0.15) is 11.3 Å². The highest BCUT2D eigenvalue weighted by Crippen LogP contribution is 2.35. The molecule has 0 bridgehead atoms. The van der Waals surface area contributed by atoms with Crippen molar-refractivity contribution in [3.63, 3.8) is 0 Å². The lowest BCUT2D eigenvalue weighted by Crippen LogP contribution is -2.38. The molecular weight excluding hydrogens is 406 g/mol. The third kappa shape index (κ3) is 4.06. The summed E-state index contributed by atoms with van der Waals surface area (Å²) in [6.07, 6.45) is 0.778. The quantitative estimate of drug-likeness (QED) is 0.587. The van der Waals surface area contributed by atoms with E-state index in [0.717, 1.165) is 35.8 Å². The Morgan fingerprint density at radius 2 is 1.97 bits per heavy atom. The van der Waals surface area contributed by atoms with Crippen LogP contribution in [0.2, 0.25) is 5.02 Å². The van der Waals surface area contributed by atoms with E-state index in [4.69, 9.17) is 20.8 Å². The highest BCUT2D eigenvalue weighted by molar-refractivity contribution is 6.32. The molecule has 1 heterocycles. The Bertz CT molecular complexity index is 1140. The van der Waals surface area contributed by atoms with Crippen LogP contribution in [0.15, 0.2) is 51.7 Å². The number of benzene rings is 2. The molecule has 0 fully saturated rings. The van der Waals surface area contributed by atoms with Gasteiger partial charge in [0, 0.05) is 23.6 Å². The summed E-state index contributed by atoms with van der Waals surface area (Å²) in [5, 5.41) is 14.0. The van der Waals surface area contributed by atoms with Crippen LogP contribution in [0.25, 0.3) is 11.0 Å². The zero-order valence-corrected chi connectivity index (χ0v) is 17.2. The maximum absolute atomic E-state index is 12.4. The summed E-state index contributed by atoms with van der Waals surface area (Å²) in [6.45, 7) is 1.65. The van der Waals surface area contributed by atoms with Crippen molar-refractivity contribution in [3.05, 3.63) is 74.6 Å². The number of nitrogens with one attached hydrogen (secondary N) is 1. The van der Waals surface area contributed by atoms with Crippen LogP contribution < -0.4 is 15.7 Å². The highest BCUT2D eigenvalue weighted by atomic mass is 35.5. The van der Waals surface area contributed by atoms with Crippen molar-refractivity contribution in [1.82, 2.24) is 5.32 Å². The Labute approximate surface area is 178 Å². The van der Waals surface area contributed by atoms with Gasteiger partial charge < -0.3 is 19.6 Å². The van der Waals surface area contributed by atoms with Crippen LogP contribution in [-0.4, -0.2) is 23.7 Å². The van der Waals surface area contributed by atoms with Crippen molar-refractivity contribution < 1.29 is 19.1 Å². The molecule has 0 spiro atoms. The summed E-state index contributed by atoms with van der Waals surface area (Å²) in [7, 11) is 0. The topological polar surface area (TPSA) is 88.8 Å². The summed E-state index contributed by atoms with van der Waals surface area (Å²) in [5.41, 5.74) is 2.48. The first-order valence-electron chi connectivity index (χ1n) is 9.89. The lowest BCUT2D eigenvalue weighted by atomic mass is 10.1. The molecular formula is C23H22ClNO5. The van der Waals surface area contributed by atoms with Crippen molar-refractivity contribution in [2.24, 2.45) is 0 Å². The standard InChI is InChI=1S/C23H22ClNO5/c1-13(22(27)25-12-19(26)14-6-3-2-4-7-14)29-21-11-20-17(10-18(21)24)15-8-5-9-16(15)23(28)30-20/h2-4,6-7,10-11,13,19,26H,5,8-9,12H2,1H3,(H,25,27)/t13-,19+/m1/s1. The van der Waals surface area contributed by atoms with Crippen molar-refractivity contribution in [2.45, 2.75) is 38.4 Å². The SMILES string of the molecule is C[C@@H](Oc1cc2oc(=O)c3c(c2cc1Cl)CCC3)C(=O)NC[C@H](O)c1ccccc1. The van der Waals surface area contributed by atoms with E-state index in [1.807, 2.05) is 18.2 Å². The Hall–Kier alpha value is -2.83. The van der Waals surface area contributed by atoms with Crippen molar-refractivity contribution in [1.29, 1.82) is 0 Å². The summed E-state index contributed by atoms with van der Waals surface area (Å²) in [5.74, 6) is -0.131. The van der Waals surface area contributed by atoms with E-state index in [9.17, 15) is 14.7 Å². The zero-order valence-electron chi connectivity index (χ0n) is 16.5. The molecule has 1 aromatic heterocycles. The van der Waals surface area contributed by atoms with Gasteiger partial charge in [0.05, 0.1) is 11.1 Å². The number of ether oxygens (including phenoxy) is 1. The number of aliphatic hydroxyl groups excluding tert-OH is 1. The van der Waals surface area contributed by atoms with Crippen LogP contribution in [0.4, 0.5) is 0 Å². The Morgan fingerprint density at radius 3 is 2.73 bits per heavy atom. The minimum absolute atomic E-state index is 0.0585. The summed E-state index contributed by atoms with van der Waals surface area (Å²) in [4.78, 5) is 24.6. The van der Waals surface area contributed by atoms with Crippen molar-refractivity contribution in [3.8, 4) is 5.75 Å². The lowest BCUT2D eigenvalue weighted by molar-refractivity contribution is -0.127. The van der Waals surface area contributed by atoms with Crippen LogP contribution >= 0.6 is 11.6 Å². The second-order valence-corrected chi connectivity index (χ2v) is 7.82. The first-order valence-corrected chi connectivity index (χ1v) is 10.3. The summed E-state index contributed by atoms with van der Waals surface area (Å²) >= 11 is 6.38. The fraction of sp³-hybridized carbons (Fsp3) is 0.304. The van der Waals surface area contributed by atoms with Gasteiger partial charge in [-0.15, -0.1) is 0 Å². The fourth-order valence-electron chi connectivity index (χ4n) is 3.75. The largest absolute Gasteiger partial charge is 0.479 e. The van der Waals surface area contributed by atoms with E-state index >= 15 is 0 Å². The van der Waals surface area contributed by atoms with E-state index < -0.39 is 18.1 Å². The number of hydrogen-bond donors (Lipinski definition) is 2. The van der Waals surface area contributed by atoms with Crippen LogP contribution in [0.1, 0.15) is 36.1 Å². The third-order valence-corrected chi connectivity index (χ3v) is 5.65. The molecule has 1 aliphatic carbocycles. The molecule has 1 aliphatic rings. The van der Waals surface area contributed by atoms with Crippen LogP contribution in [0, 0.1) is 0 Å². The number of halogens is 1. The van der Waals surface area contributed by atoms with Crippen LogP contribution in [-0.2, 0) is 17.6 Å². The van der Waals surface area contributed by atoms with Crippen LogP contribution in [0.3, 0.4) is 0 Å². The smallest absolute Gasteiger partial charge is 0.339 e. The van der Waals surface area contributed by atoms with E-state index in [1.54, 1.807) is 31.2 Å². The Morgan fingerprint density at radius 1 is 1.23 bits per heavy atom. The van der Waals surface area contributed by atoms with E-state index in [2.05, 4.69) is 5.32 Å². The molecule has 0 saturated carbocycles. The molecule has 0 aliphatic heterocycles. The zero-order chi connectivity index (χ0) is 21.3. The molecule has 2 atom stereocenters. The van der Waals surface area contributed by atoms with E-state index in [0.29, 0.717) is 16.2 Å². The molecule has 0 unspecified atom stereocenters. The number of amides is 1. The minimum Gasteiger partial charge on any atom is -0.479 e. The number of hydrogen-bond acceptors (Lipinski definition) is 5. The van der Waals surface area contributed by atoms with Gasteiger partial charge in [-0.1, -0.05) is 41.9 Å². The number of rotatable bonds is 6. The monoisotopic (exact) mass is 427 g/mol. The highest BCUT2D eigenvalue weighted by Gasteiger charge is 2.22. The van der Waals surface area contributed by atoms with E-state index in [-0.39, 0.29) is 17.9 Å². The Balaban J connectivity index is 1.47. The third-order valence-electron chi connectivity index (χ3n) is 5.35. The molecule has 4 rings (SSSR count). The molecule has 7 heteroatoms. The molecule has 156 valence electrons. The second-order valence-electron chi connectivity index (χ2n) is 7.41. The molecule has 2 aromatic carbocycles. The molecule has 3 aromatic rings. The van der Waals surface area contributed by atoms with Gasteiger partial charge in [-0.05, 0) is 43.4 Å². The van der Waals surface area contributed by atoms with Crippen molar-refractivity contribution in [2.75, 3.05) is 6.54 Å². The predicted octanol–water partition coefficient (Wildman–Crippen LogP) is 3.55. The van der Waals surface area contributed by atoms with Crippen LogP contribution in [0.5, 0.6) is 5.75 Å². The van der Waals surface area contributed by atoms with Gasteiger partial charge in [-0.3, -0.25) is 4.79 Å². The average Bonchev–Trinajstić information content (AvgIpc) is 3.24. The predicted molar refractivity (Wildman–Crippen MR) is 114 cm³/mol. The molecule has 1 amide bonds. The minimum atomic E-state index is -0.857. The van der Waals surface area contributed by atoms with Gasteiger partial charge in [-0.2, -0.15) is 0 Å². The van der Waals surface area contributed by atoms with E-state index in [1.165, 1.54) is 0 Å². The summed E-state index contributed by atoms with van der Waals surface area (Å²) in [6, 6.07) is 12.4. The first kappa shape index (κ1) is 20.4. The maximum Gasteiger partial charge on any atom is 0.339 e. The molecule has 30 heavy (non-hydrogen) atoms. The molecule has 6 nitrogen and oxygen atoms in total. The van der Waals surface area contributed by atoms with Gasteiger partial charge in [-0.25, -0.2) is 4.79 Å². The normalized spacial score (nSPS) is 14.9. The number of aryl methyl sites for hydroxylation is 1. The van der Waals surface area contributed by atoms with Gasteiger partial charge in [0.15, 0.2) is 6.10 Å². The number of aliphatic hydroxyl groups is 1. The summed E-state index contributed by atoms with van der Waals surface area (Å²) < 4.78 is 11.2.